The normalized spacial score (nSPS) is 10.7. The minimum Gasteiger partial charge on any atom is -0.483 e. The highest BCUT2D eigenvalue weighted by atomic mass is 35.5. The first kappa shape index (κ1) is 52.5. The maximum Gasteiger partial charge on any atom is 0.290 e. The highest BCUT2D eigenvalue weighted by Gasteiger charge is 2.21. The molecule has 0 aliphatic heterocycles. The van der Waals surface area contributed by atoms with Crippen molar-refractivity contribution in [2.45, 2.75) is 113 Å². The van der Waals surface area contributed by atoms with Crippen molar-refractivity contribution in [1.29, 1.82) is 0 Å². The van der Waals surface area contributed by atoms with E-state index < -0.39 is 0 Å². The first-order chi connectivity index (χ1) is 21.7. The number of carbonyl (C=O) groups excluding carboxylic acids is 1. The number of Topliss-reactive ketones (excluding diaryl/α,β-unsaturated/α-hetero) is 1. The van der Waals surface area contributed by atoms with Crippen molar-refractivity contribution in [2.75, 3.05) is 0 Å². The molecule has 0 amide bonds. The monoisotopic (exact) mass is 677 g/mol. The number of allylic oxidation sites excluding steroid dienone is 1. The number of benzene rings is 2. The summed E-state index contributed by atoms with van der Waals surface area (Å²) in [7, 11) is 0. The van der Waals surface area contributed by atoms with Crippen LogP contribution in [0.15, 0.2) is 99.3 Å². The van der Waals surface area contributed by atoms with Crippen LogP contribution in [0.5, 0.6) is 0 Å². The van der Waals surface area contributed by atoms with E-state index >= 15 is 0 Å². The van der Waals surface area contributed by atoms with Gasteiger partial charge in [-0.15, -0.1) is 26.3 Å². The smallest absolute Gasteiger partial charge is 0.290 e. The molecule has 2 aromatic rings. The molecule has 262 valence electrons. The molecule has 0 aliphatic carbocycles. The first-order valence-corrected chi connectivity index (χ1v) is 16.6. The number of rotatable bonds is 11. The fraction of sp³-hybridized carbons (Fsp3) is 0.450. The summed E-state index contributed by atoms with van der Waals surface area (Å²) in [5, 5.41) is 11.7. The van der Waals surface area contributed by atoms with E-state index in [2.05, 4.69) is 110 Å². The number of hydrogen-bond acceptors (Lipinski definition) is 3. The predicted octanol–water partition coefficient (Wildman–Crippen LogP) is 13.1. The molecule has 0 saturated carbocycles. The fourth-order valence-electron chi connectivity index (χ4n) is 3.65. The summed E-state index contributed by atoms with van der Waals surface area (Å²) < 4.78 is 0. The standard InChI is InChI=1S/C16H23N.C8H18.C7H6Cl2.C4H8O.2C2H4.CH2O2/c1-6-15(14-10-8-7-9-11-14)16(12(2)3)17-13(4)5;1-4-6-7-8(3)5-2;1-5-2-6(8)4-7(9)3-5;1-3-4(2)5;2*1-2;2-1-3/h7-11,15-17H,2,4,6H2,1,3,5H3;8H,4-7H2,1-3H3;2-4H,1H3;3H2,1-2H3;2*1-2H2;1H,(H,2,3). The van der Waals surface area contributed by atoms with Crippen LogP contribution in [0.3, 0.4) is 0 Å². The summed E-state index contributed by atoms with van der Waals surface area (Å²) >= 11 is 11.3. The fourth-order valence-corrected chi connectivity index (χ4v) is 4.28. The lowest BCUT2D eigenvalue weighted by Crippen LogP contribution is -2.34. The van der Waals surface area contributed by atoms with E-state index in [-0.39, 0.29) is 18.3 Å². The Bertz CT molecular complexity index is 972. The second-order valence-electron chi connectivity index (χ2n) is 10.4. The van der Waals surface area contributed by atoms with Gasteiger partial charge in [0.2, 0.25) is 0 Å². The van der Waals surface area contributed by atoms with Gasteiger partial charge in [-0.2, -0.15) is 0 Å². The van der Waals surface area contributed by atoms with Gasteiger partial charge in [-0.3, -0.25) is 4.79 Å². The van der Waals surface area contributed by atoms with E-state index in [0.29, 0.717) is 22.4 Å². The molecule has 3 unspecified atom stereocenters. The molecule has 4 nitrogen and oxygen atoms in total. The van der Waals surface area contributed by atoms with Crippen molar-refractivity contribution in [3.63, 3.8) is 0 Å². The number of carboxylic acid groups (broad SMARTS) is 1. The summed E-state index contributed by atoms with van der Waals surface area (Å²) in [6, 6.07) is 16.3. The predicted molar refractivity (Wildman–Crippen MR) is 208 cm³/mol. The lowest BCUT2D eigenvalue weighted by molar-refractivity contribution is -0.123. The molecule has 6 heteroatoms. The third kappa shape index (κ3) is 35.4. The number of halogens is 2. The summed E-state index contributed by atoms with van der Waals surface area (Å²) in [6.45, 7) is 38.3. The van der Waals surface area contributed by atoms with E-state index in [9.17, 15) is 4.79 Å². The second kappa shape index (κ2) is 38.1. The van der Waals surface area contributed by atoms with Crippen molar-refractivity contribution in [1.82, 2.24) is 5.32 Å². The Morgan fingerprint density at radius 3 is 1.61 bits per heavy atom. The quantitative estimate of drug-likeness (QED) is 0.183. The zero-order valence-electron chi connectivity index (χ0n) is 30.4. The van der Waals surface area contributed by atoms with Gasteiger partial charge in [0, 0.05) is 28.1 Å². The SMILES string of the molecule is C=C.C=C.C=C(C)NC(C(=C)C)C(CC)c1ccccc1.CCC(C)=O.CCCCC(C)CC.Cc1cc(Cl)cc(Cl)c1.O=CO. The summed E-state index contributed by atoms with van der Waals surface area (Å²) in [4.78, 5) is 18.2. The summed E-state index contributed by atoms with van der Waals surface area (Å²) in [5.41, 5.74) is 4.60. The maximum atomic E-state index is 9.81. The Labute approximate surface area is 293 Å². The van der Waals surface area contributed by atoms with Gasteiger partial charge in [-0.1, -0.05) is 133 Å². The van der Waals surface area contributed by atoms with Crippen LogP contribution in [0.2, 0.25) is 10.0 Å². The van der Waals surface area contributed by atoms with E-state index in [4.69, 9.17) is 33.1 Å². The second-order valence-corrected chi connectivity index (χ2v) is 11.3. The molecule has 0 saturated heterocycles. The highest BCUT2D eigenvalue weighted by Crippen LogP contribution is 2.27. The molecule has 0 spiro atoms. The Morgan fingerprint density at radius 2 is 1.33 bits per heavy atom. The molecule has 46 heavy (non-hydrogen) atoms. The van der Waals surface area contributed by atoms with Gasteiger partial charge in [0.05, 0.1) is 6.04 Å². The number of aryl methyl sites for hydroxylation is 1. The van der Waals surface area contributed by atoms with Gasteiger partial charge in [0.15, 0.2) is 0 Å². The zero-order valence-corrected chi connectivity index (χ0v) is 31.9. The van der Waals surface area contributed by atoms with Gasteiger partial charge in [-0.05, 0) is 69.4 Å². The van der Waals surface area contributed by atoms with Crippen LogP contribution in [0, 0.1) is 12.8 Å². The van der Waals surface area contributed by atoms with Crippen LogP contribution >= 0.6 is 23.2 Å². The lowest BCUT2D eigenvalue weighted by Gasteiger charge is -2.29. The minimum absolute atomic E-state index is 0.250. The average Bonchev–Trinajstić information content (AvgIpc) is 3.02. The summed E-state index contributed by atoms with van der Waals surface area (Å²) in [5.74, 6) is 1.66. The zero-order chi connectivity index (χ0) is 37.1. The largest absolute Gasteiger partial charge is 0.483 e. The van der Waals surface area contributed by atoms with Crippen LogP contribution in [-0.4, -0.2) is 23.4 Å². The Hall–Kier alpha value is -3.08. The Kier molecular flexibility index (Phi) is 43.4. The molecule has 0 bridgehead atoms. The number of nitrogens with one attached hydrogen (secondary N) is 1. The number of carbonyl (C=O) groups is 2. The van der Waals surface area contributed by atoms with Crippen LogP contribution in [0.4, 0.5) is 0 Å². The van der Waals surface area contributed by atoms with E-state index in [0.717, 1.165) is 29.2 Å². The van der Waals surface area contributed by atoms with Gasteiger partial charge in [-0.25, -0.2) is 0 Å². The van der Waals surface area contributed by atoms with Crippen molar-refractivity contribution >= 4 is 35.5 Å². The van der Waals surface area contributed by atoms with Crippen molar-refractivity contribution in [2.24, 2.45) is 5.92 Å². The van der Waals surface area contributed by atoms with Gasteiger partial charge < -0.3 is 15.2 Å². The first-order valence-electron chi connectivity index (χ1n) is 15.9. The molecule has 2 aromatic carbocycles. The molecule has 0 radical (unpaired) electrons. The Morgan fingerprint density at radius 1 is 0.891 bits per heavy atom. The van der Waals surface area contributed by atoms with Crippen LogP contribution in [0.25, 0.3) is 0 Å². The van der Waals surface area contributed by atoms with E-state index in [1.54, 1.807) is 13.0 Å². The molecule has 0 aliphatic rings. The Balaban J connectivity index is -0.000000164. The molecule has 0 heterocycles. The van der Waals surface area contributed by atoms with Crippen LogP contribution < -0.4 is 5.32 Å². The van der Waals surface area contributed by atoms with Gasteiger partial charge in [0.1, 0.15) is 5.78 Å². The topological polar surface area (TPSA) is 66.4 Å². The van der Waals surface area contributed by atoms with Gasteiger partial charge in [0.25, 0.3) is 6.47 Å². The van der Waals surface area contributed by atoms with Crippen molar-refractivity contribution in [3.05, 3.63) is 120 Å². The van der Waals surface area contributed by atoms with Gasteiger partial charge >= 0.3 is 0 Å². The third-order valence-corrected chi connectivity index (χ3v) is 6.69. The number of hydrogen-bond donors (Lipinski definition) is 2. The molecular weight excluding hydrogens is 613 g/mol. The maximum absolute atomic E-state index is 9.81. The molecule has 0 aromatic heterocycles. The van der Waals surface area contributed by atoms with Crippen molar-refractivity contribution < 1.29 is 14.7 Å². The van der Waals surface area contributed by atoms with E-state index in [1.807, 2.05) is 32.9 Å². The van der Waals surface area contributed by atoms with Crippen LogP contribution in [-0.2, 0) is 9.59 Å². The van der Waals surface area contributed by atoms with Crippen molar-refractivity contribution in [3.8, 4) is 0 Å². The molecule has 0 fully saturated rings. The lowest BCUT2D eigenvalue weighted by atomic mass is 9.86. The molecule has 3 atom stereocenters. The number of ketones is 1. The minimum atomic E-state index is -0.250. The third-order valence-electron chi connectivity index (χ3n) is 6.25. The highest BCUT2D eigenvalue weighted by molar-refractivity contribution is 6.34. The molecular formula is C40H65Cl2NO3. The molecule has 2 N–H and O–H groups in total. The average molecular weight is 679 g/mol. The number of unbranched alkanes of at least 4 members (excludes halogenated alkanes) is 1. The van der Waals surface area contributed by atoms with Crippen LogP contribution in [0.1, 0.15) is 111 Å². The van der Waals surface area contributed by atoms with E-state index in [1.165, 1.54) is 31.2 Å². The molecule has 2 rings (SSSR count). The summed E-state index contributed by atoms with van der Waals surface area (Å²) in [6.07, 6.45) is 7.29.